The molecule has 0 aromatic heterocycles. The lowest BCUT2D eigenvalue weighted by Crippen LogP contribution is -2.60. The number of carbonyl (C=O) groups is 10. The summed E-state index contributed by atoms with van der Waals surface area (Å²) in [7, 11) is -2.38. The summed E-state index contributed by atoms with van der Waals surface area (Å²) in [6, 6.07) is -6.90. The average molecular weight is 1060 g/mol. The molecule has 0 bridgehead atoms. The van der Waals surface area contributed by atoms with E-state index in [2.05, 4.69) is 42.2 Å². The lowest BCUT2D eigenvalue weighted by atomic mass is 10.0. The number of aliphatic hydroxyl groups is 1. The van der Waals surface area contributed by atoms with Crippen molar-refractivity contribution in [1.82, 2.24) is 37.2 Å². The number of allylic oxidation sites excluding steroid dienone is 1. The number of nitrogens with zero attached hydrogens (tertiary/aromatic N) is 1. The van der Waals surface area contributed by atoms with E-state index in [1.807, 2.05) is 6.92 Å². The van der Waals surface area contributed by atoms with Crippen molar-refractivity contribution in [2.75, 3.05) is 38.2 Å². The topological polar surface area (TPSA) is 394 Å². The van der Waals surface area contributed by atoms with E-state index in [4.69, 9.17) is 16.6 Å². The van der Waals surface area contributed by atoms with E-state index in [9.17, 15) is 61.5 Å². The number of aliphatic hydroxyl groups excluding tert-OH is 1. The third-order valence-corrected chi connectivity index (χ3v) is 13.5. The van der Waals surface area contributed by atoms with Gasteiger partial charge in [-0.3, -0.25) is 52.9 Å². The first-order valence-corrected chi connectivity index (χ1v) is 27.3. The number of carboxylic acids is 1. The van der Waals surface area contributed by atoms with Gasteiger partial charge >= 0.3 is 5.97 Å². The smallest absolute Gasteiger partial charge is 0.303 e. The molecule has 1 aliphatic heterocycles. The van der Waals surface area contributed by atoms with Crippen LogP contribution in [0, 0.1) is 0 Å². The van der Waals surface area contributed by atoms with Gasteiger partial charge in [-0.1, -0.05) is 90.0 Å². The van der Waals surface area contributed by atoms with Crippen LogP contribution in [0.25, 0.3) is 0 Å². The fourth-order valence-corrected chi connectivity index (χ4v) is 8.97. The number of aliphatic imine (C=N–C) groups is 1. The van der Waals surface area contributed by atoms with Crippen LogP contribution in [0.15, 0.2) is 16.8 Å². The minimum Gasteiger partial charge on any atom is -0.481 e. The molecular formula is C48H82N10O14S. The maximum Gasteiger partial charge on any atom is 0.303 e. The van der Waals surface area contributed by atoms with Crippen LogP contribution in [0.2, 0.25) is 0 Å². The van der Waals surface area contributed by atoms with Gasteiger partial charge in [0.15, 0.2) is 9.84 Å². The Kier molecular flexibility index (Phi) is 33.8. The molecule has 0 saturated heterocycles. The summed E-state index contributed by atoms with van der Waals surface area (Å²) in [5.74, 6) is -8.87. The van der Waals surface area contributed by atoms with Gasteiger partial charge in [-0.05, 0) is 32.1 Å². The zero-order valence-corrected chi connectivity index (χ0v) is 43.5. The first-order valence-electron chi connectivity index (χ1n) is 25.5. The fourth-order valence-electron chi connectivity index (χ4n) is 7.61. The molecule has 24 nitrogen and oxygen atoms in total. The highest BCUT2D eigenvalue weighted by Crippen LogP contribution is 2.15. The molecule has 73 heavy (non-hydrogen) atoms. The molecule has 25 heteroatoms. The van der Waals surface area contributed by atoms with E-state index in [1.54, 1.807) is 12.3 Å². The van der Waals surface area contributed by atoms with Crippen molar-refractivity contribution in [3.8, 4) is 0 Å². The number of sulfone groups is 1. The lowest BCUT2D eigenvalue weighted by molar-refractivity contribution is -0.137. The summed E-state index contributed by atoms with van der Waals surface area (Å²) in [4.78, 5) is 130. The average Bonchev–Trinajstić information content (AvgIpc) is 3.86. The number of ketones is 1. The van der Waals surface area contributed by atoms with Gasteiger partial charge in [0.1, 0.15) is 41.7 Å². The second kappa shape index (κ2) is 37.9. The van der Waals surface area contributed by atoms with Gasteiger partial charge in [0.05, 0.1) is 18.9 Å². The number of carbonyl (C=O) groups excluding carboxylic acids is 9. The van der Waals surface area contributed by atoms with Gasteiger partial charge in [-0.15, -0.1) is 0 Å². The van der Waals surface area contributed by atoms with Crippen LogP contribution >= 0.6 is 0 Å². The molecule has 0 saturated carbocycles. The van der Waals surface area contributed by atoms with Gasteiger partial charge in [0.2, 0.25) is 47.3 Å². The number of amides is 8. The molecule has 0 aliphatic carbocycles. The highest BCUT2D eigenvalue weighted by atomic mass is 32.2. The number of carboxylic acid groups (broad SMARTS) is 1. The number of likely N-dealkylation sites (N-methyl/N-ethyl adjacent to an activating group) is 1. The van der Waals surface area contributed by atoms with Gasteiger partial charge < -0.3 is 58.9 Å². The van der Waals surface area contributed by atoms with Crippen molar-refractivity contribution >= 4 is 75.1 Å². The van der Waals surface area contributed by atoms with Crippen LogP contribution in [0.1, 0.15) is 155 Å². The summed E-state index contributed by atoms with van der Waals surface area (Å²) >= 11 is 0. The van der Waals surface area contributed by atoms with Crippen molar-refractivity contribution in [2.24, 2.45) is 16.5 Å². The zero-order chi connectivity index (χ0) is 54.6. The quantitative estimate of drug-likeness (QED) is 0.0351. The molecule has 13 N–H and O–H groups in total. The van der Waals surface area contributed by atoms with E-state index in [-0.39, 0.29) is 45.1 Å². The number of aliphatic carboxylic acids is 1. The Morgan fingerprint density at radius 3 is 1.67 bits per heavy atom. The molecule has 0 unspecified atom stereocenters. The number of primary amides is 1. The van der Waals surface area contributed by atoms with Gasteiger partial charge in [-0.2, -0.15) is 0 Å². The molecule has 0 aromatic rings. The molecule has 1 aliphatic rings. The molecule has 414 valence electrons. The van der Waals surface area contributed by atoms with E-state index in [0.29, 0.717) is 31.4 Å². The molecule has 0 radical (unpaired) electrons. The molecule has 0 fully saturated rings. The van der Waals surface area contributed by atoms with Gasteiger partial charge in [0.25, 0.3) is 0 Å². The third-order valence-electron chi connectivity index (χ3n) is 11.8. The van der Waals surface area contributed by atoms with Crippen LogP contribution in [0.3, 0.4) is 0 Å². The van der Waals surface area contributed by atoms with Crippen LogP contribution in [0.5, 0.6) is 0 Å². The second-order valence-corrected chi connectivity index (χ2v) is 20.3. The number of Topliss-reactive ketones (excluding diaryl/α,β-unsaturated/α-hetero) is 1. The van der Waals surface area contributed by atoms with Gasteiger partial charge in [0, 0.05) is 64.0 Å². The Morgan fingerprint density at radius 1 is 0.630 bits per heavy atom. The highest BCUT2D eigenvalue weighted by molar-refractivity contribution is 7.92. The number of unbranched alkanes of at least 4 members (excludes halogenated alkanes) is 12. The van der Waals surface area contributed by atoms with E-state index >= 15 is 0 Å². The Labute approximate surface area is 428 Å². The minimum atomic E-state index is -3.79. The molecule has 1 heterocycles. The van der Waals surface area contributed by atoms with Crippen molar-refractivity contribution in [3.63, 3.8) is 0 Å². The molecule has 1 rings (SSSR count). The Morgan fingerprint density at radius 2 is 1.15 bits per heavy atom. The summed E-state index contributed by atoms with van der Waals surface area (Å²) < 4.78 is 25.1. The summed E-state index contributed by atoms with van der Waals surface area (Å²) in [5.41, 5.74) is 11.6. The maximum atomic E-state index is 13.7. The monoisotopic (exact) mass is 1050 g/mol. The predicted molar refractivity (Wildman–Crippen MR) is 272 cm³/mol. The van der Waals surface area contributed by atoms with E-state index < -0.39 is 130 Å². The number of hydrogen-bond donors (Lipinski definition) is 11. The summed E-state index contributed by atoms with van der Waals surface area (Å²) in [5, 5.41) is 35.6. The first-order chi connectivity index (χ1) is 34.7. The predicted octanol–water partition coefficient (Wildman–Crippen LogP) is -0.262. The highest BCUT2D eigenvalue weighted by Gasteiger charge is 2.33. The van der Waals surface area contributed by atoms with E-state index in [0.717, 1.165) is 77.0 Å². The minimum absolute atomic E-state index is 0.126. The molecule has 5 atom stereocenters. The Bertz CT molecular complexity index is 1980. The van der Waals surface area contributed by atoms with Crippen LogP contribution < -0.4 is 48.7 Å². The van der Waals surface area contributed by atoms with Crippen LogP contribution in [-0.4, -0.2) is 152 Å². The van der Waals surface area contributed by atoms with Crippen molar-refractivity contribution in [1.29, 1.82) is 0 Å². The fraction of sp³-hybridized carbons (Fsp3) is 0.729. The Hall–Kier alpha value is -5.82. The van der Waals surface area contributed by atoms with Gasteiger partial charge in [-0.25, -0.2) is 8.42 Å². The lowest BCUT2D eigenvalue weighted by Gasteiger charge is -2.26. The first kappa shape index (κ1) is 65.2. The number of nitrogens with two attached hydrogens (primary N) is 2. The summed E-state index contributed by atoms with van der Waals surface area (Å²) in [6.45, 7) is -0.136. The second-order valence-electron chi connectivity index (χ2n) is 18.1. The number of nitrogens with one attached hydrogen (secondary N) is 7. The Balaban J connectivity index is 2.68. The third kappa shape index (κ3) is 30.7. The molecule has 0 spiro atoms. The maximum absolute atomic E-state index is 13.7. The number of rotatable bonds is 43. The summed E-state index contributed by atoms with van der Waals surface area (Å²) in [6.07, 6.45) is 16.0. The van der Waals surface area contributed by atoms with Crippen molar-refractivity contribution in [3.05, 3.63) is 11.8 Å². The van der Waals surface area contributed by atoms with Crippen molar-refractivity contribution < 1.29 is 66.6 Å². The van der Waals surface area contributed by atoms with E-state index in [1.165, 1.54) is 7.05 Å². The normalized spacial score (nSPS) is 14.1. The number of hydrogen-bond acceptors (Lipinski definition) is 15. The molecule has 0 aromatic carbocycles. The van der Waals surface area contributed by atoms with Crippen molar-refractivity contribution in [2.45, 2.75) is 185 Å². The largest absolute Gasteiger partial charge is 0.481 e. The molecule has 8 amide bonds. The molecular weight excluding hydrogens is 973 g/mol. The standard InChI is InChI=1S/C48H82N10O14S/c1-3-4-21-35(44(66)51-2)55-47(69)38(29-49)58-46(68)37(28-33-19-17-26-52-33)57-45(67)36(24-25-40(50)61)56-48(70)39(31-59)54-42(63)30-53-41(62)22-18-27-73(71,72)32-34(60)20-15-13-11-9-7-5-6-8-10-12-14-16-23-43(64)65/h19,26,35-39,59H,3-18,20-25,27-32,49H2,1-2H3,(H2,50,61)(H,51,66)(H,53,62)(H,54,63)(H,55,69)(H,56,70)(H,57,67)(H,58,68)(H,64,65)/t35-,36-,37-,38-,39-/m0/s1. The van der Waals surface area contributed by atoms with Crippen LogP contribution in [0.4, 0.5) is 0 Å². The SMILES string of the molecule is CCCC[C@H](NC(=O)[C@H](CN)NC(=O)[C@H](CC1=CCC=N1)NC(=O)[C@H](CCC(N)=O)NC(=O)[C@H](CO)NC(=O)CNC(=O)CCCS(=O)(=O)CC(=O)CCCCCCCCCCCCCCC(=O)O)C(=O)NC. The van der Waals surface area contributed by atoms with Crippen LogP contribution in [-0.2, 0) is 57.8 Å². The zero-order valence-electron chi connectivity index (χ0n) is 42.6.